The minimum Gasteiger partial charge on any atom is -0.492 e. The van der Waals surface area contributed by atoms with Crippen LogP contribution < -0.4 is 15.6 Å². The van der Waals surface area contributed by atoms with Crippen molar-refractivity contribution in [3.8, 4) is 5.75 Å². The van der Waals surface area contributed by atoms with Crippen molar-refractivity contribution in [1.29, 1.82) is 0 Å². The van der Waals surface area contributed by atoms with Gasteiger partial charge >= 0.3 is 0 Å². The molecule has 0 aliphatic carbocycles. The molecular formula is C15H15Cl2N3O3. The number of hydrogen-bond donors (Lipinski definition) is 1. The van der Waals surface area contributed by atoms with E-state index in [1.54, 1.807) is 18.2 Å². The number of rotatable bonds is 6. The van der Waals surface area contributed by atoms with E-state index in [0.29, 0.717) is 35.4 Å². The number of halogens is 2. The highest BCUT2D eigenvalue weighted by Gasteiger charge is 2.08. The van der Waals surface area contributed by atoms with Gasteiger partial charge in [-0.15, -0.1) is 0 Å². The number of aromatic nitrogens is 2. The van der Waals surface area contributed by atoms with E-state index in [1.165, 1.54) is 19.2 Å². The molecule has 23 heavy (non-hydrogen) atoms. The molecule has 1 amide bonds. The number of ether oxygens (including phenoxy) is 1. The summed E-state index contributed by atoms with van der Waals surface area (Å²) >= 11 is 11.8. The average molecular weight is 356 g/mol. The summed E-state index contributed by atoms with van der Waals surface area (Å²) in [5.41, 5.74) is -0.0800. The molecule has 0 aliphatic heterocycles. The maximum atomic E-state index is 11.9. The lowest BCUT2D eigenvalue weighted by Crippen LogP contribution is -2.29. The lowest BCUT2D eigenvalue weighted by Gasteiger charge is -2.09. The molecule has 0 atom stereocenters. The summed E-state index contributed by atoms with van der Waals surface area (Å²) in [6, 6.07) is 7.67. The van der Waals surface area contributed by atoms with Crippen molar-refractivity contribution in [1.82, 2.24) is 15.1 Å². The van der Waals surface area contributed by atoms with Crippen LogP contribution in [0.4, 0.5) is 0 Å². The Morgan fingerprint density at radius 1 is 1.30 bits per heavy atom. The summed E-state index contributed by atoms with van der Waals surface area (Å²) in [7, 11) is 1.49. The zero-order valence-electron chi connectivity index (χ0n) is 12.4. The van der Waals surface area contributed by atoms with Gasteiger partial charge in [-0.2, -0.15) is 5.10 Å². The van der Waals surface area contributed by atoms with Crippen molar-refractivity contribution in [2.75, 3.05) is 13.2 Å². The summed E-state index contributed by atoms with van der Waals surface area (Å²) in [5, 5.41) is 7.56. The summed E-state index contributed by atoms with van der Waals surface area (Å²) in [5.74, 6) is 0.201. The second-order valence-corrected chi connectivity index (χ2v) is 5.56. The van der Waals surface area contributed by atoms with Gasteiger partial charge in [0.05, 0.1) is 11.6 Å². The first-order valence-electron chi connectivity index (χ1n) is 6.88. The Hall–Kier alpha value is -2.05. The van der Waals surface area contributed by atoms with Gasteiger partial charge in [-0.3, -0.25) is 9.59 Å². The fraction of sp³-hybridized carbons (Fsp3) is 0.267. The smallest absolute Gasteiger partial charge is 0.271 e. The van der Waals surface area contributed by atoms with Crippen LogP contribution in [0.25, 0.3) is 0 Å². The van der Waals surface area contributed by atoms with Gasteiger partial charge in [0, 0.05) is 24.7 Å². The molecule has 1 N–H and O–H groups in total. The third-order valence-electron chi connectivity index (χ3n) is 2.95. The monoisotopic (exact) mass is 355 g/mol. The van der Waals surface area contributed by atoms with E-state index in [1.807, 2.05) is 0 Å². The molecule has 0 saturated heterocycles. The molecule has 0 aliphatic rings. The van der Waals surface area contributed by atoms with E-state index in [9.17, 15) is 9.59 Å². The Balaban J connectivity index is 1.75. The molecule has 0 radical (unpaired) electrons. The van der Waals surface area contributed by atoms with E-state index in [-0.39, 0.29) is 17.2 Å². The predicted molar refractivity (Wildman–Crippen MR) is 88.4 cm³/mol. The van der Waals surface area contributed by atoms with Crippen molar-refractivity contribution >= 4 is 29.1 Å². The molecule has 2 aromatic rings. The van der Waals surface area contributed by atoms with Crippen molar-refractivity contribution in [3.63, 3.8) is 0 Å². The van der Waals surface area contributed by atoms with E-state index in [0.717, 1.165) is 4.68 Å². The number of benzene rings is 1. The van der Waals surface area contributed by atoms with Gasteiger partial charge in [-0.1, -0.05) is 23.2 Å². The number of carbonyl (C=O) groups excluding carboxylic acids is 1. The SMILES string of the molecule is Cn1nc(C(=O)NCCCOc2ccc(Cl)cc2Cl)ccc1=O. The number of nitrogens with one attached hydrogen (secondary N) is 1. The fourth-order valence-corrected chi connectivity index (χ4v) is 2.23. The largest absolute Gasteiger partial charge is 0.492 e. The lowest BCUT2D eigenvalue weighted by atomic mass is 10.3. The highest BCUT2D eigenvalue weighted by atomic mass is 35.5. The molecule has 0 spiro atoms. The van der Waals surface area contributed by atoms with Crippen LogP contribution in [-0.4, -0.2) is 28.8 Å². The first-order valence-corrected chi connectivity index (χ1v) is 7.63. The van der Waals surface area contributed by atoms with Crippen LogP contribution in [0.3, 0.4) is 0 Å². The van der Waals surface area contributed by atoms with Crippen LogP contribution in [0.5, 0.6) is 5.75 Å². The second-order valence-electron chi connectivity index (χ2n) is 4.71. The normalized spacial score (nSPS) is 10.4. The Kier molecular flexibility index (Phi) is 6.01. The Labute approximate surface area is 143 Å². The first kappa shape index (κ1) is 17.3. The number of nitrogens with zero attached hydrogens (tertiary/aromatic N) is 2. The minimum absolute atomic E-state index is 0.189. The van der Waals surface area contributed by atoms with Gasteiger partial charge < -0.3 is 10.1 Å². The summed E-state index contributed by atoms with van der Waals surface area (Å²) in [4.78, 5) is 23.1. The Bertz CT molecular complexity index is 762. The molecule has 6 nitrogen and oxygen atoms in total. The molecule has 0 saturated carbocycles. The number of amides is 1. The summed E-state index contributed by atoms with van der Waals surface area (Å²) in [6.07, 6.45) is 0.594. The predicted octanol–water partition coefficient (Wildman–Crippen LogP) is 2.29. The van der Waals surface area contributed by atoms with E-state index in [4.69, 9.17) is 27.9 Å². The third kappa shape index (κ3) is 4.97. The molecule has 122 valence electrons. The molecule has 0 fully saturated rings. The van der Waals surface area contributed by atoms with Gasteiger partial charge in [0.2, 0.25) is 0 Å². The van der Waals surface area contributed by atoms with E-state index in [2.05, 4.69) is 10.4 Å². The number of aryl methyl sites for hydroxylation is 1. The fourth-order valence-electron chi connectivity index (χ4n) is 1.76. The van der Waals surface area contributed by atoms with E-state index >= 15 is 0 Å². The molecule has 0 unspecified atom stereocenters. The molecule has 1 heterocycles. The van der Waals surface area contributed by atoms with Crippen molar-refractivity contribution in [2.24, 2.45) is 7.05 Å². The quantitative estimate of drug-likeness (QED) is 0.806. The van der Waals surface area contributed by atoms with Crippen molar-refractivity contribution < 1.29 is 9.53 Å². The van der Waals surface area contributed by atoms with Crippen molar-refractivity contribution in [3.05, 3.63) is 56.4 Å². The molecular weight excluding hydrogens is 341 g/mol. The topological polar surface area (TPSA) is 73.2 Å². The van der Waals surface area contributed by atoms with E-state index < -0.39 is 0 Å². The maximum absolute atomic E-state index is 11.9. The van der Waals surface area contributed by atoms with Crippen LogP contribution in [0.2, 0.25) is 10.0 Å². The first-order chi connectivity index (χ1) is 11.0. The van der Waals surface area contributed by atoms with Gasteiger partial charge in [-0.05, 0) is 30.7 Å². The Morgan fingerprint density at radius 2 is 2.09 bits per heavy atom. The molecule has 1 aromatic carbocycles. The maximum Gasteiger partial charge on any atom is 0.271 e. The number of carbonyl (C=O) groups is 1. The molecule has 0 bridgehead atoms. The van der Waals surface area contributed by atoms with Gasteiger partial charge in [-0.25, -0.2) is 4.68 Å². The summed E-state index contributed by atoms with van der Waals surface area (Å²) < 4.78 is 6.62. The van der Waals surface area contributed by atoms with Crippen LogP contribution in [0, 0.1) is 0 Å². The highest BCUT2D eigenvalue weighted by molar-refractivity contribution is 6.35. The van der Waals surface area contributed by atoms with Gasteiger partial charge in [0.1, 0.15) is 11.4 Å². The van der Waals surface area contributed by atoms with Crippen LogP contribution in [-0.2, 0) is 7.05 Å². The lowest BCUT2D eigenvalue weighted by molar-refractivity contribution is 0.0944. The standard InChI is InChI=1S/C15H15Cl2N3O3/c1-20-14(21)6-4-12(19-20)15(22)18-7-2-8-23-13-5-3-10(16)9-11(13)17/h3-6,9H,2,7-8H2,1H3,(H,18,22). The number of hydrogen-bond acceptors (Lipinski definition) is 4. The summed E-state index contributed by atoms with van der Waals surface area (Å²) in [6.45, 7) is 0.802. The van der Waals surface area contributed by atoms with Crippen molar-refractivity contribution in [2.45, 2.75) is 6.42 Å². The Morgan fingerprint density at radius 3 is 2.78 bits per heavy atom. The van der Waals surface area contributed by atoms with Crippen LogP contribution in [0.15, 0.2) is 35.1 Å². The average Bonchev–Trinajstić information content (AvgIpc) is 2.51. The van der Waals surface area contributed by atoms with Crippen LogP contribution in [0.1, 0.15) is 16.9 Å². The van der Waals surface area contributed by atoms with Gasteiger partial charge in [0.25, 0.3) is 11.5 Å². The zero-order valence-corrected chi connectivity index (χ0v) is 13.9. The second kappa shape index (κ2) is 7.99. The molecule has 2 rings (SSSR count). The molecule has 1 aromatic heterocycles. The van der Waals surface area contributed by atoms with Gasteiger partial charge in [0.15, 0.2) is 0 Å². The third-order valence-corrected chi connectivity index (χ3v) is 3.48. The highest BCUT2D eigenvalue weighted by Crippen LogP contribution is 2.27. The molecule has 8 heteroatoms. The van der Waals surface area contributed by atoms with Crippen LogP contribution >= 0.6 is 23.2 Å². The minimum atomic E-state index is -0.342. The zero-order chi connectivity index (χ0) is 16.8.